The van der Waals surface area contributed by atoms with Gasteiger partial charge in [-0.05, 0) is 30.8 Å². The molecule has 0 fully saturated rings. The molecule has 1 amide bonds. The van der Waals surface area contributed by atoms with E-state index in [1.807, 2.05) is 0 Å². The van der Waals surface area contributed by atoms with Crippen LogP contribution in [0.3, 0.4) is 0 Å². The second-order valence-corrected chi connectivity index (χ2v) is 4.08. The molecule has 92 valence electrons. The van der Waals surface area contributed by atoms with Crippen molar-refractivity contribution >= 4 is 34.8 Å². The van der Waals surface area contributed by atoms with Crippen molar-refractivity contribution in [1.82, 2.24) is 10.6 Å². The zero-order valence-corrected chi connectivity index (χ0v) is 10.6. The van der Waals surface area contributed by atoms with Gasteiger partial charge in [0.1, 0.15) is 0 Å². The van der Waals surface area contributed by atoms with E-state index in [2.05, 4.69) is 10.6 Å². The molecule has 0 heterocycles. The van der Waals surface area contributed by atoms with E-state index in [1.165, 1.54) is 0 Å². The standard InChI is InChI=1S/C11H13ClN2O2S/c12-9-5-2-1-4-8(9)10(16)14-11(17)13-6-3-7-15/h1-2,4-5,15H,3,6-7H2,(H2,13,14,16,17). The van der Waals surface area contributed by atoms with Crippen LogP contribution < -0.4 is 10.6 Å². The van der Waals surface area contributed by atoms with Gasteiger partial charge in [0.15, 0.2) is 5.11 Å². The monoisotopic (exact) mass is 272 g/mol. The molecule has 1 aromatic rings. The molecule has 0 unspecified atom stereocenters. The Labute approximate surface area is 110 Å². The van der Waals surface area contributed by atoms with Crippen molar-refractivity contribution in [3.05, 3.63) is 34.9 Å². The number of carbonyl (C=O) groups excluding carboxylic acids is 1. The lowest BCUT2D eigenvalue weighted by Gasteiger charge is -2.09. The molecule has 0 radical (unpaired) electrons. The fourth-order valence-corrected chi connectivity index (χ4v) is 1.56. The van der Waals surface area contributed by atoms with E-state index in [0.29, 0.717) is 23.6 Å². The maximum Gasteiger partial charge on any atom is 0.258 e. The molecule has 0 atom stereocenters. The van der Waals surface area contributed by atoms with Crippen LogP contribution in [0, 0.1) is 0 Å². The predicted molar refractivity (Wildman–Crippen MR) is 71.2 cm³/mol. The van der Waals surface area contributed by atoms with Gasteiger partial charge in [-0.25, -0.2) is 0 Å². The van der Waals surface area contributed by atoms with Crippen molar-refractivity contribution in [2.24, 2.45) is 0 Å². The van der Waals surface area contributed by atoms with Gasteiger partial charge in [0, 0.05) is 13.2 Å². The molecule has 0 saturated carbocycles. The summed E-state index contributed by atoms with van der Waals surface area (Å²) in [6.07, 6.45) is 0.572. The van der Waals surface area contributed by atoms with Crippen LogP contribution >= 0.6 is 23.8 Å². The predicted octanol–water partition coefficient (Wildman–Crippen LogP) is 1.33. The number of benzene rings is 1. The average molecular weight is 273 g/mol. The summed E-state index contributed by atoms with van der Waals surface area (Å²) in [5, 5.41) is 14.5. The lowest BCUT2D eigenvalue weighted by molar-refractivity contribution is 0.0977. The third kappa shape index (κ3) is 4.68. The Hall–Kier alpha value is -1.17. The minimum absolute atomic E-state index is 0.0775. The molecular weight excluding hydrogens is 260 g/mol. The van der Waals surface area contributed by atoms with Gasteiger partial charge in [-0.2, -0.15) is 0 Å². The molecule has 0 bridgehead atoms. The molecule has 4 nitrogen and oxygen atoms in total. The summed E-state index contributed by atoms with van der Waals surface area (Å²) in [5.41, 5.74) is 0.375. The van der Waals surface area contributed by atoms with Gasteiger partial charge in [0.05, 0.1) is 10.6 Å². The first-order valence-electron chi connectivity index (χ1n) is 5.09. The van der Waals surface area contributed by atoms with Crippen LogP contribution in [0.2, 0.25) is 5.02 Å². The number of carbonyl (C=O) groups is 1. The fourth-order valence-electron chi connectivity index (χ4n) is 1.14. The van der Waals surface area contributed by atoms with Gasteiger partial charge in [-0.3, -0.25) is 10.1 Å². The van der Waals surface area contributed by atoms with Crippen molar-refractivity contribution in [3.63, 3.8) is 0 Å². The Morgan fingerprint density at radius 2 is 2.12 bits per heavy atom. The summed E-state index contributed by atoms with van der Waals surface area (Å²) < 4.78 is 0. The van der Waals surface area contributed by atoms with Crippen LogP contribution in [0.1, 0.15) is 16.8 Å². The number of thiocarbonyl (C=S) groups is 1. The second kappa shape index (κ2) is 7.21. The van der Waals surface area contributed by atoms with E-state index in [-0.39, 0.29) is 17.6 Å². The fraction of sp³-hybridized carbons (Fsp3) is 0.273. The minimum atomic E-state index is -0.350. The van der Waals surface area contributed by atoms with E-state index < -0.39 is 0 Å². The number of halogens is 1. The Balaban J connectivity index is 2.49. The van der Waals surface area contributed by atoms with Crippen molar-refractivity contribution in [1.29, 1.82) is 0 Å². The molecule has 0 aliphatic carbocycles. The number of rotatable bonds is 4. The molecule has 1 rings (SSSR count). The van der Waals surface area contributed by atoms with E-state index >= 15 is 0 Å². The average Bonchev–Trinajstić information content (AvgIpc) is 2.29. The zero-order valence-electron chi connectivity index (χ0n) is 9.07. The van der Waals surface area contributed by atoms with Gasteiger partial charge in [0.25, 0.3) is 5.91 Å². The second-order valence-electron chi connectivity index (χ2n) is 3.27. The van der Waals surface area contributed by atoms with Gasteiger partial charge < -0.3 is 10.4 Å². The molecule has 17 heavy (non-hydrogen) atoms. The molecule has 0 aromatic heterocycles. The smallest absolute Gasteiger partial charge is 0.258 e. The molecule has 0 spiro atoms. The van der Waals surface area contributed by atoms with Crippen LogP contribution in [0.4, 0.5) is 0 Å². The third-order valence-corrected chi connectivity index (χ3v) is 2.54. The summed E-state index contributed by atoms with van der Waals surface area (Å²) in [7, 11) is 0. The van der Waals surface area contributed by atoms with Gasteiger partial charge in [0.2, 0.25) is 0 Å². The first-order valence-corrected chi connectivity index (χ1v) is 5.88. The summed E-state index contributed by atoms with van der Waals surface area (Å²) in [6.45, 7) is 0.589. The largest absolute Gasteiger partial charge is 0.396 e. The number of aliphatic hydroxyl groups is 1. The van der Waals surface area contributed by atoms with E-state index in [9.17, 15) is 4.79 Å². The molecule has 0 aliphatic rings. The van der Waals surface area contributed by atoms with Crippen molar-refractivity contribution in [3.8, 4) is 0 Å². The van der Waals surface area contributed by atoms with E-state index in [0.717, 1.165) is 0 Å². The highest BCUT2D eigenvalue weighted by Crippen LogP contribution is 2.14. The summed E-state index contributed by atoms with van der Waals surface area (Å²) in [6, 6.07) is 6.73. The molecule has 3 N–H and O–H groups in total. The molecule has 0 aliphatic heterocycles. The maximum atomic E-state index is 11.7. The van der Waals surface area contributed by atoms with Crippen molar-refractivity contribution in [2.45, 2.75) is 6.42 Å². The van der Waals surface area contributed by atoms with Gasteiger partial charge >= 0.3 is 0 Å². The van der Waals surface area contributed by atoms with E-state index in [1.54, 1.807) is 24.3 Å². The van der Waals surface area contributed by atoms with Crippen LogP contribution in [0.25, 0.3) is 0 Å². The van der Waals surface area contributed by atoms with Crippen molar-refractivity contribution in [2.75, 3.05) is 13.2 Å². The molecule has 6 heteroatoms. The Morgan fingerprint density at radius 1 is 1.41 bits per heavy atom. The SMILES string of the molecule is O=C(NC(=S)NCCCO)c1ccccc1Cl. The highest BCUT2D eigenvalue weighted by molar-refractivity contribution is 7.80. The quantitative estimate of drug-likeness (QED) is 0.572. The third-order valence-electron chi connectivity index (χ3n) is 1.97. The maximum absolute atomic E-state index is 11.7. The summed E-state index contributed by atoms with van der Waals surface area (Å²) >= 11 is 10.8. The van der Waals surface area contributed by atoms with Crippen LogP contribution in [0.5, 0.6) is 0 Å². The Kier molecular flexibility index (Phi) is 5.90. The normalized spacial score (nSPS) is 9.76. The van der Waals surface area contributed by atoms with Gasteiger partial charge in [-0.1, -0.05) is 23.7 Å². The lowest BCUT2D eigenvalue weighted by Crippen LogP contribution is -2.39. The molecular formula is C11H13ClN2O2S. The first kappa shape index (κ1) is 13.9. The van der Waals surface area contributed by atoms with Crippen LogP contribution in [-0.4, -0.2) is 29.3 Å². The summed E-state index contributed by atoms with van der Waals surface area (Å²) in [5.74, 6) is -0.350. The number of hydrogen-bond donors (Lipinski definition) is 3. The molecule has 0 saturated heterocycles. The summed E-state index contributed by atoms with van der Waals surface area (Å²) in [4.78, 5) is 11.7. The van der Waals surface area contributed by atoms with Crippen molar-refractivity contribution < 1.29 is 9.90 Å². The Bertz CT molecular complexity index is 412. The number of aliphatic hydroxyl groups excluding tert-OH is 1. The zero-order chi connectivity index (χ0) is 12.7. The number of hydrogen-bond acceptors (Lipinski definition) is 3. The number of nitrogens with one attached hydrogen (secondary N) is 2. The highest BCUT2D eigenvalue weighted by atomic mass is 35.5. The first-order chi connectivity index (χ1) is 8.15. The topological polar surface area (TPSA) is 61.4 Å². The Morgan fingerprint density at radius 3 is 2.76 bits per heavy atom. The van der Waals surface area contributed by atoms with Crippen LogP contribution in [0.15, 0.2) is 24.3 Å². The van der Waals surface area contributed by atoms with Gasteiger partial charge in [-0.15, -0.1) is 0 Å². The lowest BCUT2D eigenvalue weighted by atomic mass is 10.2. The van der Waals surface area contributed by atoms with E-state index in [4.69, 9.17) is 28.9 Å². The molecule has 1 aromatic carbocycles. The highest BCUT2D eigenvalue weighted by Gasteiger charge is 2.10. The van der Waals surface area contributed by atoms with Crippen LogP contribution in [-0.2, 0) is 0 Å². The minimum Gasteiger partial charge on any atom is -0.396 e. The number of amides is 1.